The summed E-state index contributed by atoms with van der Waals surface area (Å²) in [5.74, 6) is 0. The molecule has 0 unspecified atom stereocenters. The van der Waals surface area contributed by atoms with Gasteiger partial charge in [0.25, 0.3) is 0 Å². The van der Waals surface area contributed by atoms with Crippen molar-refractivity contribution in [3.63, 3.8) is 0 Å². The first-order valence-corrected chi connectivity index (χ1v) is 7.85. The van der Waals surface area contributed by atoms with Crippen molar-refractivity contribution >= 4 is 21.7 Å². The van der Waals surface area contributed by atoms with Crippen molar-refractivity contribution in [1.82, 2.24) is 9.97 Å². The van der Waals surface area contributed by atoms with Gasteiger partial charge in [0, 0.05) is 28.7 Å². The number of aryl methyl sites for hydroxylation is 3. The van der Waals surface area contributed by atoms with Gasteiger partial charge in [-0.2, -0.15) is 0 Å². The van der Waals surface area contributed by atoms with Crippen molar-refractivity contribution in [2.45, 2.75) is 20.8 Å². The van der Waals surface area contributed by atoms with Gasteiger partial charge < -0.3 is 0 Å². The van der Waals surface area contributed by atoms with Crippen molar-refractivity contribution in [3.8, 4) is 11.3 Å². The highest BCUT2D eigenvalue weighted by molar-refractivity contribution is 6.10. The molecule has 2 heteroatoms. The lowest BCUT2D eigenvalue weighted by Crippen LogP contribution is -1.91. The number of nitrogens with zero attached hydrogens (tertiary/aromatic N) is 2. The molecule has 23 heavy (non-hydrogen) atoms. The smallest absolute Gasteiger partial charge is 0.0796 e. The van der Waals surface area contributed by atoms with Gasteiger partial charge in [-0.25, -0.2) is 0 Å². The Labute approximate surface area is 135 Å². The number of hydrogen-bond acceptors (Lipinski definition) is 2. The predicted octanol–water partition coefficient (Wildman–Crippen LogP) is 5.38. The van der Waals surface area contributed by atoms with Crippen LogP contribution in [0, 0.1) is 20.8 Å². The lowest BCUT2D eigenvalue weighted by atomic mass is 9.99. The van der Waals surface area contributed by atoms with E-state index in [0.717, 1.165) is 22.2 Å². The lowest BCUT2D eigenvalue weighted by molar-refractivity contribution is 1.31. The third-order valence-electron chi connectivity index (χ3n) is 4.34. The highest BCUT2D eigenvalue weighted by atomic mass is 14.7. The number of benzene rings is 2. The number of pyridine rings is 2. The second-order valence-electron chi connectivity index (χ2n) is 6.23. The maximum Gasteiger partial charge on any atom is 0.0796 e. The van der Waals surface area contributed by atoms with Crippen molar-refractivity contribution in [2.75, 3.05) is 0 Å². The first-order valence-electron chi connectivity index (χ1n) is 7.85. The summed E-state index contributed by atoms with van der Waals surface area (Å²) in [6.45, 7) is 6.35. The Hall–Kier alpha value is -2.74. The van der Waals surface area contributed by atoms with Crippen LogP contribution < -0.4 is 0 Å². The molecule has 112 valence electrons. The summed E-state index contributed by atoms with van der Waals surface area (Å²) in [7, 11) is 0. The largest absolute Gasteiger partial charge is 0.256 e. The first kappa shape index (κ1) is 13.9. The van der Waals surface area contributed by atoms with Crippen molar-refractivity contribution in [2.24, 2.45) is 0 Å². The summed E-state index contributed by atoms with van der Waals surface area (Å²) in [5, 5.41) is 3.51. The van der Waals surface area contributed by atoms with E-state index in [1.165, 1.54) is 27.5 Å². The van der Waals surface area contributed by atoms with E-state index in [4.69, 9.17) is 4.98 Å². The summed E-state index contributed by atoms with van der Waals surface area (Å²) in [5.41, 5.74) is 6.94. The highest BCUT2D eigenvalue weighted by Crippen LogP contribution is 2.32. The third-order valence-corrected chi connectivity index (χ3v) is 4.34. The summed E-state index contributed by atoms with van der Waals surface area (Å²) in [6.07, 6.45) is 3.86. The Morgan fingerprint density at radius 1 is 0.739 bits per heavy atom. The van der Waals surface area contributed by atoms with Crippen LogP contribution >= 0.6 is 0 Å². The van der Waals surface area contributed by atoms with E-state index in [0.29, 0.717) is 0 Å². The van der Waals surface area contributed by atoms with Crippen LogP contribution in [0.15, 0.2) is 54.9 Å². The first-order chi connectivity index (χ1) is 11.1. The number of aromatic nitrogens is 2. The van der Waals surface area contributed by atoms with Crippen LogP contribution in [-0.4, -0.2) is 9.97 Å². The molecule has 2 nitrogen and oxygen atoms in total. The molecule has 0 aliphatic carbocycles. The number of para-hydroxylation sites is 1. The van der Waals surface area contributed by atoms with Crippen LogP contribution in [0.4, 0.5) is 0 Å². The average Bonchev–Trinajstić information content (AvgIpc) is 2.53. The molecule has 0 radical (unpaired) electrons. The molecule has 0 fully saturated rings. The van der Waals surface area contributed by atoms with Gasteiger partial charge in [-0.3, -0.25) is 9.97 Å². The molecule has 4 rings (SSSR count). The van der Waals surface area contributed by atoms with Crippen molar-refractivity contribution < 1.29 is 0 Å². The molecular formula is C21H18N2. The van der Waals surface area contributed by atoms with E-state index in [9.17, 15) is 0 Å². The van der Waals surface area contributed by atoms with Crippen molar-refractivity contribution in [3.05, 3.63) is 71.5 Å². The van der Waals surface area contributed by atoms with Gasteiger partial charge in [0.15, 0.2) is 0 Å². The van der Waals surface area contributed by atoms with Crippen LogP contribution in [0.1, 0.15) is 16.7 Å². The Balaban J connectivity index is 2.09. The zero-order valence-electron chi connectivity index (χ0n) is 13.6. The van der Waals surface area contributed by atoms with Crippen LogP contribution in [0.2, 0.25) is 0 Å². The molecule has 0 amide bonds. The Kier molecular flexibility index (Phi) is 3.12. The number of hydrogen-bond donors (Lipinski definition) is 0. The third kappa shape index (κ3) is 2.27. The zero-order chi connectivity index (χ0) is 16.0. The minimum absolute atomic E-state index is 1.00. The monoisotopic (exact) mass is 298 g/mol. The molecular weight excluding hydrogens is 280 g/mol. The molecule has 2 heterocycles. The average molecular weight is 298 g/mol. The van der Waals surface area contributed by atoms with Gasteiger partial charge in [0.1, 0.15) is 0 Å². The summed E-state index contributed by atoms with van der Waals surface area (Å²) in [4.78, 5) is 9.35. The molecule has 0 aliphatic heterocycles. The van der Waals surface area contributed by atoms with Gasteiger partial charge in [-0.1, -0.05) is 35.4 Å². The fraction of sp³-hybridized carbons (Fsp3) is 0.143. The molecule has 0 saturated carbocycles. The Morgan fingerprint density at radius 3 is 2.30 bits per heavy atom. The quantitative estimate of drug-likeness (QED) is 0.441. The minimum atomic E-state index is 1.00. The van der Waals surface area contributed by atoms with E-state index in [-0.39, 0.29) is 0 Å². The zero-order valence-corrected chi connectivity index (χ0v) is 13.6. The molecule has 0 N–H and O–H groups in total. The fourth-order valence-corrected chi connectivity index (χ4v) is 3.36. The van der Waals surface area contributed by atoms with E-state index < -0.39 is 0 Å². The minimum Gasteiger partial charge on any atom is -0.256 e. The summed E-state index contributed by atoms with van der Waals surface area (Å²) < 4.78 is 0. The maximum atomic E-state index is 4.70. The molecule has 0 bridgehead atoms. The Bertz CT molecular complexity index is 1030. The van der Waals surface area contributed by atoms with Gasteiger partial charge in [0.05, 0.1) is 11.2 Å². The standard InChI is InChI=1S/C21H18N2/c1-13-9-14(2)11-16(10-13)21-19-12-23-20-15(3)5-4-6-18(20)17(19)7-8-22-21/h4-12H,1-3H3. The van der Waals surface area contributed by atoms with E-state index in [1.54, 1.807) is 0 Å². The van der Waals surface area contributed by atoms with E-state index >= 15 is 0 Å². The fourth-order valence-electron chi connectivity index (χ4n) is 3.36. The normalized spacial score (nSPS) is 11.3. The van der Waals surface area contributed by atoms with E-state index in [2.05, 4.69) is 68.2 Å². The van der Waals surface area contributed by atoms with Gasteiger partial charge in [-0.15, -0.1) is 0 Å². The number of rotatable bonds is 1. The van der Waals surface area contributed by atoms with E-state index in [1.807, 2.05) is 12.4 Å². The van der Waals surface area contributed by atoms with Crippen LogP contribution in [0.25, 0.3) is 32.9 Å². The van der Waals surface area contributed by atoms with Crippen molar-refractivity contribution in [1.29, 1.82) is 0 Å². The van der Waals surface area contributed by atoms with Crippen LogP contribution in [-0.2, 0) is 0 Å². The van der Waals surface area contributed by atoms with Gasteiger partial charge >= 0.3 is 0 Å². The van der Waals surface area contributed by atoms with Gasteiger partial charge in [0.2, 0.25) is 0 Å². The molecule has 0 spiro atoms. The van der Waals surface area contributed by atoms with Crippen LogP contribution in [0.5, 0.6) is 0 Å². The molecule has 2 aromatic carbocycles. The lowest BCUT2D eigenvalue weighted by Gasteiger charge is -2.10. The van der Waals surface area contributed by atoms with Gasteiger partial charge in [-0.05, 0) is 49.9 Å². The highest BCUT2D eigenvalue weighted by Gasteiger charge is 2.10. The topological polar surface area (TPSA) is 25.8 Å². The maximum absolute atomic E-state index is 4.70. The second kappa shape index (κ2) is 5.17. The molecule has 0 aliphatic rings. The van der Waals surface area contributed by atoms with Crippen LogP contribution in [0.3, 0.4) is 0 Å². The molecule has 0 atom stereocenters. The molecule has 2 aromatic heterocycles. The molecule has 4 aromatic rings. The molecule has 0 saturated heterocycles. The summed E-state index contributed by atoms with van der Waals surface area (Å²) >= 11 is 0. The Morgan fingerprint density at radius 2 is 1.52 bits per heavy atom. The second-order valence-corrected chi connectivity index (χ2v) is 6.23. The SMILES string of the molecule is Cc1cc(C)cc(-c2nccc3c2cnc2c(C)cccc23)c1. The summed E-state index contributed by atoms with van der Waals surface area (Å²) in [6, 6.07) is 15.0. The predicted molar refractivity (Wildman–Crippen MR) is 96.7 cm³/mol. The number of fused-ring (bicyclic) bond motifs is 3.